The van der Waals surface area contributed by atoms with E-state index >= 15 is 0 Å². The summed E-state index contributed by atoms with van der Waals surface area (Å²) in [6, 6.07) is 18.6. The summed E-state index contributed by atoms with van der Waals surface area (Å²) >= 11 is 0. The Bertz CT molecular complexity index is 1500. The molecule has 4 aromatic rings. The third-order valence-corrected chi connectivity index (χ3v) is 7.26. The molecule has 0 saturated carbocycles. The molecule has 9 nitrogen and oxygen atoms in total. The third kappa shape index (κ3) is 6.57. The minimum Gasteiger partial charge on any atom is -0.494 e. The van der Waals surface area contributed by atoms with Crippen LogP contribution in [0.3, 0.4) is 0 Å². The molecule has 0 aliphatic heterocycles. The predicted molar refractivity (Wildman–Crippen MR) is 145 cm³/mol. The Labute approximate surface area is 222 Å². The van der Waals surface area contributed by atoms with Gasteiger partial charge in [-0.25, -0.2) is 18.4 Å². The van der Waals surface area contributed by atoms with E-state index < -0.39 is 20.9 Å². The van der Waals surface area contributed by atoms with Crippen molar-refractivity contribution in [2.75, 3.05) is 22.6 Å². The molecule has 0 atom stereocenters. The van der Waals surface area contributed by atoms with Crippen LogP contribution >= 0.6 is 0 Å². The van der Waals surface area contributed by atoms with E-state index in [1.165, 1.54) is 13.1 Å². The number of amides is 1. The maximum absolute atomic E-state index is 13.5. The Morgan fingerprint density at radius 3 is 2.58 bits per heavy atom. The molecule has 198 valence electrons. The van der Waals surface area contributed by atoms with Crippen molar-refractivity contribution in [2.24, 2.45) is 0 Å². The molecule has 38 heavy (non-hydrogen) atoms. The summed E-state index contributed by atoms with van der Waals surface area (Å²) in [6.45, 7) is 6.52. The number of benzene rings is 2. The van der Waals surface area contributed by atoms with Gasteiger partial charge in [-0.1, -0.05) is 31.2 Å². The van der Waals surface area contributed by atoms with Crippen molar-refractivity contribution in [1.82, 2.24) is 9.97 Å². The number of aromatic nitrogens is 2. The van der Waals surface area contributed by atoms with Gasteiger partial charge in [-0.2, -0.15) is 0 Å². The molecule has 0 aliphatic carbocycles. The molecule has 10 heteroatoms. The lowest BCUT2D eigenvalue weighted by molar-refractivity contribution is 0.102. The van der Waals surface area contributed by atoms with Gasteiger partial charge in [-0.3, -0.25) is 4.79 Å². The molecular formula is C28H30N4O5S. The SMILES string of the molecule is CCOc1cccc(CN(Cc2ccco2)c2cnc(S(=O)(=O)CC)nc2C(=O)Nc2cccc(C)c2)c1. The van der Waals surface area contributed by atoms with Crippen LogP contribution in [0.25, 0.3) is 0 Å². The fourth-order valence-electron chi connectivity index (χ4n) is 3.89. The Morgan fingerprint density at radius 1 is 1.05 bits per heavy atom. The Hall–Kier alpha value is -4.18. The summed E-state index contributed by atoms with van der Waals surface area (Å²) in [5.41, 5.74) is 2.76. The quantitative estimate of drug-likeness (QED) is 0.267. The number of nitrogens with zero attached hydrogens (tertiary/aromatic N) is 3. The average molecular weight is 535 g/mol. The normalized spacial score (nSPS) is 11.2. The summed E-state index contributed by atoms with van der Waals surface area (Å²) in [6.07, 6.45) is 2.96. The number of nitrogens with one attached hydrogen (secondary N) is 1. The maximum atomic E-state index is 13.5. The van der Waals surface area contributed by atoms with Crippen LogP contribution in [0.1, 0.15) is 41.2 Å². The number of sulfone groups is 1. The van der Waals surface area contributed by atoms with Crippen molar-refractivity contribution in [3.05, 3.63) is 95.7 Å². The maximum Gasteiger partial charge on any atom is 0.276 e. The first kappa shape index (κ1) is 26.9. The Kier molecular flexibility index (Phi) is 8.42. The van der Waals surface area contributed by atoms with Crippen LogP contribution in [0.2, 0.25) is 0 Å². The summed E-state index contributed by atoms with van der Waals surface area (Å²) < 4.78 is 36.5. The van der Waals surface area contributed by atoms with E-state index in [4.69, 9.17) is 9.15 Å². The number of hydrogen-bond donors (Lipinski definition) is 1. The molecule has 0 aliphatic rings. The predicted octanol–water partition coefficient (Wildman–Crippen LogP) is 5.03. The lowest BCUT2D eigenvalue weighted by Crippen LogP contribution is -2.27. The molecule has 2 aromatic carbocycles. The number of aryl methyl sites for hydroxylation is 1. The first-order valence-corrected chi connectivity index (χ1v) is 13.9. The molecule has 2 heterocycles. The van der Waals surface area contributed by atoms with Gasteiger partial charge in [0.05, 0.1) is 37.1 Å². The highest BCUT2D eigenvalue weighted by Gasteiger charge is 2.25. The van der Waals surface area contributed by atoms with Crippen molar-refractivity contribution in [3.8, 4) is 5.75 Å². The van der Waals surface area contributed by atoms with Gasteiger partial charge in [0.15, 0.2) is 5.69 Å². The third-order valence-electron chi connectivity index (χ3n) is 5.75. The second-order valence-electron chi connectivity index (χ2n) is 8.63. The van der Waals surface area contributed by atoms with E-state index in [9.17, 15) is 13.2 Å². The molecule has 0 radical (unpaired) electrons. The second kappa shape index (κ2) is 11.9. The van der Waals surface area contributed by atoms with Crippen LogP contribution < -0.4 is 15.0 Å². The molecule has 0 saturated heterocycles. The highest BCUT2D eigenvalue weighted by Crippen LogP contribution is 2.26. The van der Waals surface area contributed by atoms with E-state index in [2.05, 4.69) is 15.3 Å². The zero-order valence-electron chi connectivity index (χ0n) is 21.5. The second-order valence-corrected chi connectivity index (χ2v) is 10.8. The first-order valence-electron chi connectivity index (χ1n) is 12.3. The van der Waals surface area contributed by atoms with Gasteiger partial charge in [-0.05, 0) is 61.4 Å². The summed E-state index contributed by atoms with van der Waals surface area (Å²) in [4.78, 5) is 23.8. The summed E-state index contributed by atoms with van der Waals surface area (Å²) in [7, 11) is -3.75. The van der Waals surface area contributed by atoms with Crippen molar-refractivity contribution in [3.63, 3.8) is 0 Å². The van der Waals surface area contributed by atoms with E-state index in [0.29, 0.717) is 36.8 Å². The highest BCUT2D eigenvalue weighted by atomic mass is 32.2. The lowest BCUT2D eigenvalue weighted by Gasteiger charge is -2.26. The number of anilines is 2. The minimum absolute atomic E-state index is 0.0546. The van der Waals surface area contributed by atoms with Crippen LogP contribution in [0, 0.1) is 6.92 Å². The van der Waals surface area contributed by atoms with Gasteiger partial charge in [0.1, 0.15) is 11.5 Å². The summed E-state index contributed by atoms with van der Waals surface area (Å²) in [5.74, 6) is 0.640. The number of ether oxygens (including phenoxy) is 1. The van der Waals surface area contributed by atoms with Gasteiger partial charge in [-0.15, -0.1) is 0 Å². The van der Waals surface area contributed by atoms with Crippen LogP contribution in [-0.2, 0) is 22.9 Å². The largest absolute Gasteiger partial charge is 0.494 e. The molecule has 1 amide bonds. The van der Waals surface area contributed by atoms with Crippen LogP contribution in [0.4, 0.5) is 11.4 Å². The number of carbonyl (C=O) groups is 1. The van der Waals surface area contributed by atoms with Gasteiger partial charge in [0, 0.05) is 12.2 Å². The van der Waals surface area contributed by atoms with Crippen molar-refractivity contribution >= 4 is 27.1 Å². The molecule has 1 N–H and O–H groups in total. The zero-order chi connectivity index (χ0) is 27.1. The average Bonchev–Trinajstić information content (AvgIpc) is 3.41. The smallest absolute Gasteiger partial charge is 0.276 e. The molecule has 0 fully saturated rings. The van der Waals surface area contributed by atoms with Crippen LogP contribution in [0.5, 0.6) is 5.75 Å². The topological polar surface area (TPSA) is 115 Å². The number of carbonyl (C=O) groups excluding carboxylic acids is 1. The van der Waals surface area contributed by atoms with Crippen molar-refractivity contribution < 1.29 is 22.4 Å². The van der Waals surface area contributed by atoms with E-state index in [1.54, 1.807) is 18.4 Å². The van der Waals surface area contributed by atoms with Crippen LogP contribution in [0.15, 0.2) is 82.7 Å². The highest BCUT2D eigenvalue weighted by molar-refractivity contribution is 7.91. The first-order chi connectivity index (χ1) is 18.3. The lowest BCUT2D eigenvalue weighted by atomic mass is 10.1. The molecule has 0 bridgehead atoms. The van der Waals surface area contributed by atoms with Gasteiger partial charge < -0.3 is 19.4 Å². The standard InChI is InChI=1S/C28H30N4O5S/c1-4-36-23-12-7-10-21(16-23)18-32(19-24-13-8-14-37-24)25-17-29-28(38(34,35)5-2)31-26(25)27(33)30-22-11-6-9-20(3)15-22/h6-17H,4-5,18-19H2,1-3H3,(H,30,33). The number of rotatable bonds is 11. The van der Waals surface area contributed by atoms with Gasteiger partial charge >= 0.3 is 0 Å². The van der Waals surface area contributed by atoms with Crippen molar-refractivity contribution in [2.45, 2.75) is 39.0 Å². The van der Waals surface area contributed by atoms with Crippen molar-refractivity contribution in [1.29, 1.82) is 0 Å². The fourth-order valence-corrected chi connectivity index (χ4v) is 4.59. The minimum atomic E-state index is -3.75. The number of furan rings is 1. The Balaban J connectivity index is 1.79. The summed E-state index contributed by atoms with van der Waals surface area (Å²) in [5, 5.41) is 2.45. The molecule has 2 aromatic heterocycles. The van der Waals surface area contributed by atoms with Gasteiger partial charge in [0.25, 0.3) is 5.91 Å². The van der Waals surface area contributed by atoms with E-state index in [0.717, 1.165) is 16.9 Å². The molecule has 4 rings (SSSR count). The van der Waals surface area contributed by atoms with Gasteiger partial charge in [0.2, 0.25) is 15.0 Å². The molecular weight excluding hydrogens is 504 g/mol. The van der Waals surface area contributed by atoms with Crippen LogP contribution in [-0.4, -0.2) is 36.7 Å². The Morgan fingerprint density at radius 2 is 1.87 bits per heavy atom. The molecule has 0 unspecified atom stereocenters. The monoisotopic (exact) mass is 534 g/mol. The zero-order valence-corrected chi connectivity index (χ0v) is 22.4. The van der Waals surface area contributed by atoms with E-state index in [-0.39, 0.29) is 11.4 Å². The van der Waals surface area contributed by atoms with E-state index in [1.807, 2.05) is 67.3 Å². The fraction of sp³-hybridized carbons (Fsp3) is 0.250. The molecule has 0 spiro atoms. The number of hydrogen-bond acceptors (Lipinski definition) is 8.